The van der Waals surface area contributed by atoms with E-state index in [-0.39, 0.29) is 23.6 Å². The zero-order chi connectivity index (χ0) is 19.8. The predicted molar refractivity (Wildman–Crippen MR) is 104 cm³/mol. The predicted octanol–water partition coefficient (Wildman–Crippen LogP) is 3.36. The molecule has 142 valence electrons. The molecule has 0 aliphatic carbocycles. The first-order valence-electron chi connectivity index (χ1n) is 8.98. The highest BCUT2D eigenvalue weighted by molar-refractivity contribution is 5.94. The van der Waals surface area contributed by atoms with Gasteiger partial charge >= 0.3 is 11.6 Å². The smallest absolute Gasteiger partial charge is 0.344 e. The zero-order valence-corrected chi connectivity index (χ0v) is 15.5. The number of hydrogen-bond acceptors (Lipinski definition) is 6. The first-order chi connectivity index (χ1) is 13.5. The van der Waals surface area contributed by atoms with E-state index in [1.165, 1.54) is 0 Å². The highest BCUT2D eigenvalue weighted by atomic mass is 16.5. The normalized spacial score (nSPS) is 15.9. The van der Waals surface area contributed by atoms with Crippen LogP contribution in [-0.4, -0.2) is 12.6 Å². The molecule has 2 aromatic carbocycles. The topological polar surface area (TPSA) is 91.8 Å². The maximum Gasteiger partial charge on any atom is 0.344 e. The minimum Gasteiger partial charge on any atom is -0.462 e. The molecule has 0 bridgehead atoms. The van der Waals surface area contributed by atoms with Crippen molar-refractivity contribution in [3.05, 3.63) is 87.1 Å². The second kappa shape index (κ2) is 6.88. The maximum atomic E-state index is 12.9. The van der Waals surface area contributed by atoms with Gasteiger partial charge in [-0.2, -0.15) is 0 Å². The van der Waals surface area contributed by atoms with Crippen LogP contribution in [0.4, 0.5) is 0 Å². The van der Waals surface area contributed by atoms with Crippen LogP contribution < -0.4 is 16.1 Å². The summed E-state index contributed by atoms with van der Waals surface area (Å²) >= 11 is 0. The van der Waals surface area contributed by atoms with Gasteiger partial charge in [-0.25, -0.2) is 9.59 Å². The molecule has 1 aromatic heterocycles. The van der Waals surface area contributed by atoms with Gasteiger partial charge in [0, 0.05) is 0 Å². The van der Waals surface area contributed by atoms with Crippen molar-refractivity contribution in [3.8, 4) is 5.75 Å². The summed E-state index contributed by atoms with van der Waals surface area (Å²) in [6.07, 6.45) is 0. The summed E-state index contributed by atoms with van der Waals surface area (Å²) < 4.78 is 16.5. The lowest BCUT2D eigenvalue weighted by Gasteiger charge is -2.28. The van der Waals surface area contributed by atoms with Gasteiger partial charge in [-0.15, -0.1) is 0 Å². The van der Waals surface area contributed by atoms with Crippen molar-refractivity contribution in [2.45, 2.75) is 19.8 Å². The second-order valence-electron chi connectivity index (χ2n) is 6.57. The molecule has 1 aliphatic heterocycles. The molecule has 0 amide bonds. The summed E-state index contributed by atoms with van der Waals surface area (Å²) in [6.45, 7) is 3.84. The van der Waals surface area contributed by atoms with E-state index in [1.807, 2.05) is 37.3 Å². The van der Waals surface area contributed by atoms with Gasteiger partial charge in [0.2, 0.25) is 5.88 Å². The number of para-hydroxylation sites is 1. The molecule has 1 aliphatic rings. The highest BCUT2D eigenvalue weighted by Gasteiger charge is 2.39. The number of carbonyl (C=O) groups is 1. The molecule has 6 nitrogen and oxygen atoms in total. The van der Waals surface area contributed by atoms with E-state index in [9.17, 15) is 9.59 Å². The van der Waals surface area contributed by atoms with E-state index in [1.54, 1.807) is 25.1 Å². The Hall–Kier alpha value is -3.54. The van der Waals surface area contributed by atoms with Gasteiger partial charge in [0.15, 0.2) is 5.75 Å². The number of carbonyl (C=O) groups excluding carboxylic acids is 1. The van der Waals surface area contributed by atoms with Crippen molar-refractivity contribution in [1.29, 1.82) is 0 Å². The third-order valence-corrected chi connectivity index (χ3v) is 4.76. The van der Waals surface area contributed by atoms with Crippen molar-refractivity contribution < 1.29 is 18.7 Å². The summed E-state index contributed by atoms with van der Waals surface area (Å²) in [5.74, 6) is -1.14. The number of fused-ring (bicyclic) bond motifs is 3. The Morgan fingerprint density at radius 1 is 1.14 bits per heavy atom. The summed E-state index contributed by atoms with van der Waals surface area (Å²) in [7, 11) is 0. The molecular weight excluding hydrogens is 358 g/mol. The Labute approximate surface area is 161 Å². The van der Waals surface area contributed by atoms with E-state index < -0.39 is 17.5 Å². The Bertz CT molecular complexity index is 1160. The van der Waals surface area contributed by atoms with E-state index in [0.29, 0.717) is 16.7 Å². The molecule has 1 unspecified atom stereocenters. The SMILES string of the molecule is CCOC(=O)C1=C(N)Oc2c(c(=O)oc3ccccc23)C1c1ccc(C)cc1. The molecule has 0 saturated carbocycles. The van der Waals surface area contributed by atoms with Gasteiger partial charge in [0.25, 0.3) is 0 Å². The maximum absolute atomic E-state index is 12.9. The lowest BCUT2D eigenvalue weighted by molar-refractivity contribution is -0.139. The summed E-state index contributed by atoms with van der Waals surface area (Å²) in [5, 5.41) is 0.611. The van der Waals surface area contributed by atoms with Crippen LogP contribution in [0.2, 0.25) is 0 Å². The Morgan fingerprint density at radius 3 is 2.57 bits per heavy atom. The molecule has 0 spiro atoms. The lowest BCUT2D eigenvalue weighted by Crippen LogP contribution is -2.31. The molecule has 3 aromatic rings. The van der Waals surface area contributed by atoms with Crippen molar-refractivity contribution in [1.82, 2.24) is 0 Å². The van der Waals surface area contributed by atoms with Gasteiger partial charge in [0.1, 0.15) is 11.2 Å². The second-order valence-corrected chi connectivity index (χ2v) is 6.57. The fourth-order valence-corrected chi connectivity index (χ4v) is 3.47. The molecule has 6 heteroatoms. The first-order valence-corrected chi connectivity index (χ1v) is 8.98. The number of benzene rings is 2. The van der Waals surface area contributed by atoms with E-state index in [4.69, 9.17) is 19.6 Å². The molecule has 0 radical (unpaired) electrons. The fraction of sp³-hybridized carbons (Fsp3) is 0.182. The van der Waals surface area contributed by atoms with Crippen molar-refractivity contribution >= 4 is 16.9 Å². The van der Waals surface area contributed by atoms with Crippen LogP contribution in [-0.2, 0) is 9.53 Å². The van der Waals surface area contributed by atoms with E-state index in [2.05, 4.69) is 0 Å². The minimum absolute atomic E-state index is 0.0766. The Balaban J connectivity index is 2.03. The summed E-state index contributed by atoms with van der Waals surface area (Å²) in [5.41, 5.74) is 8.07. The van der Waals surface area contributed by atoms with Crippen LogP contribution in [0.15, 0.2) is 69.2 Å². The number of hydrogen-bond donors (Lipinski definition) is 1. The monoisotopic (exact) mass is 377 g/mol. The number of ether oxygens (including phenoxy) is 2. The lowest BCUT2D eigenvalue weighted by atomic mass is 9.83. The molecule has 1 atom stereocenters. The molecule has 2 heterocycles. The van der Waals surface area contributed by atoms with Crippen molar-refractivity contribution in [2.24, 2.45) is 5.73 Å². The largest absolute Gasteiger partial charge is 0.462 e. The van der Waals surface area contributed by atoms with E-state index in [0.717, 1.165) is 11.1 Å². The van der Waals surface area contributed by atoms with Gasteiger partial charge in [-0.05, 0) is 31.5 Å². The minimum atomic E-state index is -0.746. The zero-order valence-electron chi connectivity index (χ0n) is 15.5. The van der Waals surface area contributed by atoms with Gasteiger partial charge in [-0.1, -0.05) is 42.0 Å². The summed E-state index contributed by atoms with van der Waals surface area (Å²) in [6, 6.07) is 14.6. The van der Waals surface area contributed by atoms with Crippen molar-refractivity contribution in [3.63, 3.8) is 0 Å². The standard InChI is InChI=1S/C22H19NO5/c1-3-26-21(24)18-16(13-10-8-12(2)9-11-13)17-19(28-20(18)23)14-6-4-5-7-15(14)27-22(17)25/h4-11,16H,3,23H2,1-2H3. The van der Waals surface area contributed by atoms with Gasteiger partial charge < -0.3 is 19.6 Å². The molecular formula is C22H19NO5. The number of nitrogens with two attached hydrogens (primary N) is 1. The number of rotatable bonds is 3. The van der Waals surface area contributed by atoms with Gasteiger partial charge in [0.05, 0.1) is 23.5 Å². The third-order valence-electron chi connectivity index (χ3n) is 4.76. The summed E-state index contributed by atoms with van der Waals surface area (Å²) in [4.78, 5) is 25.6. The molecule has 0 fully saturated rings. The molecule has 4 rings (SSSR count). The van der Waals surface area contributed by atoms with Crippen LogP contribution in [0.3, 0.4) is 0 Å². The first kappa shape index (κ1) is 17.9. The molecule has 0 saturated heterocycles. The Kier molecular flexibility index (Phi) is 4.39. The Morgan fingerprint density at radius 2 is 1.86 bits per heavy atom. The molecule has 28 heavy (non-hydrogen) atoms. The van der Waals surface area contributed by atoms with E-state index >= 15 is 0 Å². The quantitative estimate of drug-likeness (QED) is 0.556. The molecule has 2 N–H and O–H groups in total. The van der Waals surface area contributed by atoms with Crippen LogP contribution in [0, 0.1) is 6.92 Å². The van der Waals surface area contributed by atoms with Crippen LogP contribution in [0.1, 0.15) is 29.5 Å². The van der Waals surface area contributed by atoms with Gasteiger partial charge in [-0.3, -0.25) is 0 Å². The van der Waals surface area contributed by atoms with Crippen molar-refractivity contribution in [2.75, 3.05) is 6.61 Å². The fourth-order valence-electron chi connectivity index (χ4n) is 3.47. The van der Waals surface area contributed by atoms with Crippen LogP contribution in [0.25, 0.3) is 11.0 Å². The van der Waals surface area contributed by atoms with Crippen LogP contribution in [0.5, 0.6) is 5.75 Å². The third kappa shape index (κ3) is 2.83. The van der Waals surface area contributed by atoms with Crippen LogP contribution >= 0.6 is 0 Å². The number of esters is 1. The average molecular weight is 377 g/mol. The number of aryl methyl sites for hydroxylation is 1. The highest BCUT2D eigenvalue weighted by Crippen LogP contribution is 2.44. The average Bonchev–Trinajstić information content (AvgIpc) is 2.68.